The molecule has 2 rings (SSSR count). The van der Waals surface area contributed by atoms with Gasteiger partial charge in [-0.15, -0.1) is 0 Å². The fourth-order valence-corrected chi connectivity index (χ4v) is 2.59. The number of carbonyl (C=O) groups is 3. The van der Waals surface area contributed by atoms with Crippen LogP contribution in [0.1, 0.15) is 18.4 Å². The van der Waals surface area contributed by atoms with Gasteiger partial charge in [-0.3, -0.25) is 14.4 Å². The van der Waals surface area contributed by atoms with Crippen LogP contribution >= 0.6 is 0 Å². The molecule has 0 aromatic heterocycles. The van der Waals surface area contributed by atoms with Gasteiger partial charge >= 0.3 is 5.97 Å². The molecular weight excluding hydrogens is 338 g/mol. The van der Waals surface area contributed by atoms with Gasteiger partial charge in [0, 0.05) is 24.7 Å². The van der Waals surface area contributed by atoms with E-state index in [-0.39, 0.29) is 37.6 Å². The molecule has 4 N–H and O–H groups in total. The standard InChI is InChI=1S/C15H18F2N2O3.CH2O2/c16-12-3-1-2-9(14(12)17)6-13(20)19-7-10(15(21)22)4-5-11(18)8-19;2-1-3/h1-3,10-11H,4-8,18H2,(H,21,22);1H,(H,2,3)/t10-,11+;/m0./s1. The summed E-state index contributed by atoms with van der Waals surface area (Å²) < 4.78 is 26.8. The number of aliphatic carboxylic acids is 1. The van der Waals surface area contributed by atoms with Crippen LogP contribution in [0.4, 0.5) is 8.78 Å². The lowest BCUT2D eigenvalue weighted by Crippen LogP contribution is -2.42. The van der Waals surface area contributed by atoms with E-state index >= 15 is 0 Å². The number of nitrogens with zero attached hydrogens (tertiary/aromatic N) is 1. The molecule has 1 aliphatic rings. The minimum atomic E-state index is -1.05. The second kappa shape index (κ2) is 9.67. The minimum Gasteiger partial charge on any atom is -0.483 e. The molecule has 1 saturated heterocycles. The summed E-state index contributed by atoms with van der Waals surface area (Å²) in [4.78, 5) is 33.1. The van der Waals surface area contributed by atoms with Crippen LogP contribution < -0.4 is 5.73 Å². The largest absolute Gasteiger partial charge is 0.483 e. The molecule has 1 aromatic rings. The van der Waals surface area contributed by atoms with Gasteiger partial charge in [-0.1, -0.05) is 12.1 Å². The van der Waals surface area contributed by atoms with Crippen molar-refractivity contribution in [3.63, 3.8) is 0 Å². The third-order valence-electron chi connectivity index (χ3n) is 3.86. The van der Waals surface area contributed by atoms with Crippen LogP contribution in [-0.4, -0.2) is 52.6 Å². The first-order chi connectivity index (χ1) is 11.8. The van der Waals surface area contributed by atoms with Crippen molar-refractivity contribution in [2.24, 2.45) is 11.7 Å². The minimum absolute atomic E-state index is 0.0405. The zero-order chi connectivity index (χ0) is 19.0. The maximum Gasteiger partial charge on any atom is 0.308 e. The Morgan fingerprint density at radius 2 is 1.92 bits per heavy atom. The fraction of sp³-hybridized carbons (Fsp3) is 0.438. The molecule has 0 aliphatic carbocycles. The highest BCUT2D eigenvalue weighted by molar-refractivity contribution is 5.80. The zero-order valence-electron chi connectivity index (χ0n) is 13.4. The van der Waals surface area contributed by atoms with Crippen LogP contribution in [0.15, 0.2) is 18.2 Å². The van der Waals surface area contributed by atoms with Gasteiger partial charge in [-0.25, -0.2) is 8.78 Å². The molecule has 0 radical (unpaired) electrons. The first-order valence-corrected chi connectivity index (χ1v) is 7.57. The molecule has 9 heteroatoms. The Balaban J connectivity index is 0.000000970. The molecular formula is C16H20F2N2O5. The van der Waals surface area contributed by atoms with E-state index in [1.165, 1.54) is 17.0 Å². The Morgan fingerprint density at radius 1 is 1.28 bits per heavy atom. The van der Waals surface area contributed by atoms with E-state index in [0.29, 0.717) is 12.8 Å². The van der Waals surface area contributed by atoms with Crippen LogP contribution in [0.2, 0.25) is 0 Å². The average Bonchev–Trinajstić information content (AvgIpc) is 2.74. The van der Waals surface area contributed by atoms with Gasteiger partial charge in [0.1, 0.15) is 0 Å². The fourth-order valence-electron chi connectivity index (χ4n) is 2.59. The third kappa shape index (κ3) is 6.11. The summed E-state index contributed by atoms with van der Waals surface area (Å²) in [5.74, 6) is -4.18. The summed E-state index contributed by atoms with van der Waals surface area (Å²) >= 11 is 0. The van der Waals surface area contributed by atoms with E-state index in [1.54, 1.807) is 0 Å². The quantitative estimate of drug-likeness (QED) is 0.689. The second-order valence-electron chi connectivity index (χ2n) is 5.67. The zero-order valence-corrected chi connectivity index (χ0v) is 13.4. The van der Waals surface area contributed by atoms with Gasteiger partial charge in [-0.05, 0) is 18.9 Å². The van der Waals surface area contributed by atoms with Crippen molar-refractivity contribution in [1.29, 1.82) is 0 Å². The van der Waals surface area contributed by atoms with Crippen LogP contribution in [0.25, 0.3) is 0 Å². The third-order valence-corrected chi connectivity index (χ3v) is 3.86. The SMILES string of the molecule is N[C@@H]1CC[C@H](C(=O)O)CN(C(=O)Cc2cccc(F)c2F)C1.O=CO. The highest BCUT2D eigenvalue weighted by atomic mass is 19.2. The number of halogens is 2. The van der Waals surface area contributed by atoms with Gasteiger partial charge in [0.15, 0.2) is 11.6 Å². The molecule has 0 saturated carbocycles. The summed E-state index contributed by atoms with van der Waals surface area (Å²) in [7, 11) is 0. The van der Waals surface area contributed by atoms with E-state index < -0.39 is 29.4 Å². The highest BCUT2D eigenvalue weighted by Gasteiger charge is 2.29. The van der Waals surface area contributed by atoms with Crippen LogP contribution in [0, 0.1) is 17.6 Å². The van der Waals surface area contributed by atoms with E-state index in [0.717, 1.165) is 6.07 Å². The highest BCUT2D eigenvalue weighted by Crippen LogP contribution is 2.18. The van der Waals surface area contributed by atoms with Crippen molar-refractivity contribution in [2.75, 3.05) is 13.1 Å². The van der Waals surface area contributed by atoms with Crippen molar-refractivity contribution in [3.05, 3.63) is 35.4 Å². The molecule has 25 heavy (non-hydrogen) atoms. The second-order valence-corrected chi connectivity index (χ2v) is 5.67. The van der Waals surface area contributed by atoms with E-state index in [9.17, 15) is 18.4 Å². The summed E-state index contributed by atoms with van der Waals surface area (Å²) in [5, 5.41) is 16.0. The van der Waals surface area contributed by atoms with Gasteiger partial charge in [0.2, 0.25) is 5.91 Å². The van der Waals surface area contributed by atoms with E-state index in [1.807, 2.05) is 0 Å². The molecule has 7 nitrogen and oxygen atoms in total. The smallest absolute Gasteiger partial charge is 0.308 e. The predicted molar refractivity (Wildman–Crippen MR) is 83.7 cm³/mol. The molecule has 1 heterocycles. The lowest BCUT2D eigenvalue weighted by molar-refractivity contribution is -0.143. The predicted octanol–water partition coefficient (Wildman–Crippen LogP) is 0.859. The number of likely N-dealkylation sites (tertiary alicyclic amines) is 1. The maximum atomic E-state index is 13.6. The Kier molecular flexibility index (Phi) is 7.93. The molecule has 2 atom stereocenters. The molecule has 0 spiro atoms. The van der Waals surface area contributed by atoms with Crippen molar-refractivity contribution >= 4 is 18.3 Å². The molecule has 0 unspecified atom stereocenters. The van der Waals surface area contributed by atoms with Crippen LogP contribution in [-0.2, 0) is 20.8 Å². The van der Waals surface area contributed by atoms with Crippen molar-refractivity contribution < 1.29 is 33.4 Å². The number of carboxylic acid groups (broad SMARTS) is 2. The van der Waals surface area contributed by atoms with Gasteiger partial charge in [-0.2, -0.15) is 0 Å². The number of nitrogens with two attached hydrogens (primary N) is 1. The molecule has 0 bridgehead atoms. The summed E-state index contributed by atoms with van der Waals surface area (Å²) in [6.45, 7) is 0.0123. The van der Waals surface area contributed by atoms with Gasteiger partial charge < -0.3 is 20.8 Å². The Bertz CT molecular complexity index is 627. The van der Waals surface area contributed by atoms with Crippen molar-refractivity contribution in [3.8, 4) is 0 Å². The van der Waals surface area contributed by atoms with Gasteiger partial charge in [0.25, 0.3) is 6.47 Å². The Hall–Kier alpha value is -2.55. The molecule has 138 valence electrons. The summed E-state index contributed by atoms with van der Waals surface area (Å²) in [6, 6.07) is 3.33. The lowest BCUT2D eigenvalue weighted by atomic mass is 10.0. The number of benzene rings is 1. The summed E-state index contributed by atoms with van der Waals surface area (Å²) in [5.41, 5.74) is 5.81. The number of hydrogen-bond donors (Lipinski definition) is 3. The van der Waals surface area contributed by atoms with E-state index in [2.05, 4.69) is 0 Å². The van der Waals surface area contributed by atoms with Gasteiger partial charge in [0.05, 0.1) is 12.3 Å². The molecule has 1 aromatic carbocycles. The van der Waals surface area contributed by atoms with Crippen LogP contribution in [0.3, 0.4) is 0 Å². The molecule has 1 aliphatic heterocycles. The first kappa shape index (κ1) is 20.5. The summed E-state index contributed by atoms with van der Waals surface area (Å²) in [6.07, 6.45) is 0.590. The lowest BCUT2D eigenvalue weighted by Gasteiger charge is -2.24. The molecule has 1 amide bonds. The number of hydrogen-bond acceptors (Lipinski definition) is 4. The number of amides is 1. The maximum absolute atomic E-state index is 13.6. The molecule has 1 fully saturated rings. The Morgan fingerprint density at radius 3 is 2.52 bits per heavy atom. The average molecular weight is 358 g/mol. The topological polar surface area (TPSA) is 121 Å². The monoisotopic (exact) mass is 358 g/mol. The number of rotatable bonds is 3. The van der Waals surface area contributed by atoms with Crippen molar-refractivity contribution in [2.45, 2.75) is 25.3 Å². The number of carbonyl (C=O) groups excluding carboxylic acids is 1. The first-order valence-electron chi connectivity index (χ1n) is 7.57. The van der Waals surface area contributed by atoms with Crippen LogP contribution in [0.5, 0.6) is 0 Å². The van der Waals surface area contributed by atoms with Crippen molar-refractivity contribution in [1.82, 2.24) is 4.90 Å². The number of carboxylic acids is 1. The van der Waals surface area contributed by atoms with E-state index in [4.69, 9.17) is 20.7 Å². The Labute approximate surface area is 143 Å². The normalized spacial score (nSPS) is 20.0.